The van der Waals surface area contributed by atoms with Crippen molar-refractivity contribution in [2.45, 2.75) is 18.7 Å². The largest absolute Gasteiger partial charge is 0.452 e. The van der Waals surface area contributed by atoms with E-state index in [1.54, 1.807) is 25.1 Å². The van der Waals surface area contributed by atoms with Crippen LogP contribution in [-0.2, 0) is 19.6 Å². The van der Waals surface area contributed by atoms with Crippen LogP contribution in [0.2, 0.25) is 0 Å². The van der Waals surface area contributed by atoms with Crippen LogP contribution in [0.5, 0.6) is 0 Å². The third-order valence-electron chi connectivity index (χ3n) is 3.60. The fourth-order valence-corrected chi connectivity index (χ4v) is 3.54. The highest BCUT2D eigenvalue weighted by Gasteiger charge is 2.20. The molecule has 0 bridgehead atoms. The van der Waals surface area contributed by atoms with Crippen LogP contribution >= 0.6 is 0 Å². The molecule has 26 heavy (non-hydrogen) atoms. The lowest BCUT2D eigenvalue weighted by Crippen LogP contribution is -2.25. The van der Waals surface area contributed by atoms with Crippen molar-refractivity contribution in [3.05, 3.63) is 59.2 Å². The van der Waals surface area contributed by atoms with Crippen molar-refractivity contribution in [1.29, 1.82) is 0 Å². The molecule has 0 spiro atoms. The number of hydrogen-bond acceptors (Lipinski definition) is 5. The van der Waals surface area contributed by atoms with Crippen molar-refractivity contribution in [2.75, 3.05) is 18.4 Å². The van der Waals surface area contributed by atoms with Crippen LogP contribution in [0.4, 0.5) is 5.69 Å². The molecule has 0 unspecified atom stereocenters. The molecule has 2 N–H and O–H groups in total. The second-order valence-electron chi connectivity index (χ2n) is 5.70. The summed E-state index contributed by atoms with van der Waals surface area (Å²) in [5.74, 6) is -1.24. The van der Waals surface area contributed by atoms with Gasteiger partial charge in [0.25, 0.3) is 15.9 Å². The maximum Gasteiger partial charge on any atom is 0.338 e. The lowest BCUT2D eigenvalue weighted by molar-refractivity contribution is -0.123. The van der Waals surface area contributed by atoms with E-state index in [0.29, 0.717) is 11.3 Å². The third-order valence-corrected chi connectivity index (χ3v) is 5.12. The number of carbonyl (C=O) groups excluding carboxylic acids is 2. The van der Waals surface area contributed by atoms with Crippen molar-refractivity contribution < 1.29 is 22.7 Å². The Morgan fingerprint density at radius 3 is 2.46 bits per heavy atom. The summed E-state index contributed by atoms with van der Waals surface area (Å²) in [5, 5.41) is 2.33. The van der Waals surface area contributed by atoms with Gasteiger partial charge in [-0.25, -0.2) is 13.2 Å². The van der Waals surface area contributed by atoms with Gasteiger partial charge in [-0.2, -0.15) is 0 Å². The van der Waals surface area contributed by atoms with Gasteiger partial charge < -0.3 is 10.1 Å². The first-order chi connectivity index (χ1) is 12.2. The first kappa shape index (κ1) is 19.5. The zero-order valence-electron chi connectivity index (χ0n) is 14.7. The van der Waals surface area contributed by atoms with E-state index in [9.17, 15) is 18.0 Å². The van der Waals surface area contributed by atoms with Gasteiger partial charge in [-0.05, 0) is 49.2 Å². The standard InChI is InChI=1S/C18H20N2O5S/c1-12-5-4-6-15(9-12)20-26(23,24)16-10-14(8-7-13(16)2)18(22)25-11-17(21)19-3/h4-10,20H,11H2,1-3H3,(H,19,21). The molecule has 0 atom stereocenters. The van der Waals surface area contributed by atoms with Crippen LogP contribution in [0.15, 0.2) is 47.4 Å². The minimum atomic E-state index is -3.89. The summed E-state index contributed by atoms with van der Waals surface area (Å²) in [4.78, 5) is 23.2. The fourth-order valence-electron chi connectivity index (χ4n) is 2.22. The molecule has 0 saturated heterocycles. The van der Waals surface area contributed by atoms with Crippen molar-refractivity contribution in [3.8, 4) is 0 Å². The molecule has 7 nitrogen and oxygen atoms in total. The molecule has 8 heteroatoms. The Labute approximate surface area is 152 Å². The Morgan fingerprint density at radius 2 is 1.81 bits per heavy atom. The van der Waals surface area contributed by atoms with E-state index in [4.69, 9.17) is 4.74 Å². The number of likely N-dealkylation sites (N-methyl/N-ethyl adjacent to an activating group) is 1. The fraction of sp³-hybridized carbons (Fsp3) is 0.222. The van der Waals surface area contributed by atoms with Crippen LogP contribution < -0.4 is 10.0 Å². The van der Waals surface area contributed by atoms with Crippen LogP contribution in [0.1, 0.15) is 21.5 Å². The van der Waals surface area contributed by atoms with E-state index in [-0.39, 0.29) is 10.5 Å². The third kappa shape index (κ3) is 4.82. The monoisotopic (exact) mass is 376 g/mol. The Kier molecular flexibility index (Phi) is 5.99. The minimum Gasteiger partial charge on any atom is -0.452 e. The predicted molar refractivity (Wildman–Crippen MR) is 97.5 cm³/mol. The molecule has 138 valence electrons. The summed E-state index contributed by atoms with van der Waals surface area (Å²) in [6, 6.07) is 11.1. The number of ether oxygens (including phenoxy) is 1. The summed E-state index contributed by atoms with van der Waals surface area (Å²) < 4.78 is 32.7. The molecule has 1 amide bonds. The number of esters is 1. The summed E-state index contributed by atoms with van der Waals surface area (Å²) in [7, 11) is -2.47. The number of sulfonamides is 1. The van der Waals surface area contributed by atoms with E-state index in [0.717, 1.165) is 5.56 Å². The molecule has 2 aromatic carbocycles. The maximum atomic E-state index is 12.7. The number of hydrogen-bond donors (Lipinski definition) is 2. The number of carbonyl (C=O) groups is 2. The van der Waals surface area contributed by atoms with Gasteiger partial charge in [0.2, 0.25) is 0 Å². The quantitative estimate of drug-likeness (QED) is 0.751. The van der Waals surface area contributed by atoms with Gasteiger partial charge in [0.05, 0.1) is 10.5 Å². The smallest absolute Gasteiger partial charge is 0.338 e. The molecule has 0 aliphatic heterocycles. The molecule has 0 heterocycles. The van der Waals surface area contributed by atoms with Crippen LogP contribution in [0.25, 0.3) is 0 Å². The SMILES string of the molecule is CNC(=O)COC(=O)c1ccc(C)c(S(=O)(=O)Nc2cccc(C)c2)c1. The average molecular weight is 376 g/mol. The summed E-state index contributed by atoms with van der Waals surface area (Å²) in [6.45, 7) is 3.05. The van der Waals surface area contributed by atoms with Gasteiger partial charge in [0.1, 0.15) is 0 Å². The van der Waals surface area contributed by atoms with Crippen molar-refractivity contribution >= 4 is 27.6 Å². The van der Waals surface area contributed by atoms with Crippen molar-refractivity contribution in [1.82, 2.24) is 5.32 Å². The summed E-state index contributed by atoms with van der Waals surface area (Å²) in [6.07, 6.45) is 0. The maximum absolute atomic E-state index is 12.7. The molecular formula is C18H20N2O5S. The Hall–Kier alpha value is -2.87. The minimum absolute atomic E-state index is 0.0339. The van der Waals surface area contributed by atoms with Gasteiger partial charge in [-0.1, -0.05) is 18.2 Å². The number of rotatable bonds is 6. The Bertz CT molecular complexity index is 938. The molecule has 2 aromatic rings. The molecule has 0 fully saturated rings. The van der Waals surface area contributed by atoms with Gasteiger partial charge in [0, 0.05) is 12.7 Å². The van der Waals surface area contributed by atoms with Gasteiger partial charge in [-0.3, -0.25) is 9.52 Å². The van der Waals surface area contributed by atoms with Crippen molar-refractivity contribution in [3.63, 3.8) is 0 Å². The predicted octanol–water partition coefficient (Wildman–Crippen LogP) is 2.01. The molecule has 0 aliphatic rings. The Balaban J connectivity index is 2.28. The highest BCUT2D eigenvalue weighted by molar-refractivity contribution is 7.92. The van der Waals surface area contributed by atoms with E-state index < -0.39 is 28.5 Å². The number of nitrogens with one attached hydrogen (secondary N) is 2. The zero-order valence-corrected chi connectivity index (χ0v) is 15.5. The first-order valence-corrected chi connectivity index (χ1v) is 9.29. The zero-order chi connectivity index (χ0) is 19.3. The lowest BCUT2D eigenvalue weighted by atomic mass is 10.1. The van der Waals surface area contributed by atoms with E-state index in [1.807, 2.05) is 13.0 Å². The molecular weight excluding hydrogens is 356 g/mol. The highest BCUT2D eigenvalue weighted by atomic mass is 32.2. The summed E-state index contributed by atoms with van der Waals surface area (Å²) in [5.41, 5.74) is 1.86. The molecule has 2 rings (SSSR count). The number of aryl methyl sites for hydroxylation is 2. The summed E-state index contributed by atoms with van der Waals surface area (Å²) >= 11 is 0. The second kappa shape index (κ2) is 8.01. The topological polar surface area (TPSA) is 102 Å². The number of amides is 1. The van der Waals surface area contributed by atoms with E-state index >= 15 is 0 Å². The van der Waals surface area contributed by atoms with E-state index in [1.165, 1.54) is 25.2 Å². The van der Waals surface area contributed by atoms with Crippen LogP contribution in [0.3, 0.4) is 0 Å². The lowest BCUT2D eigenvalue weighted by Gasteiger charge is -2.12. The average Bonchev–Trinajstić information content (AvgIpc) is 2.59. The van der Waals surface area contributed by atoms with E-state index in [2.05, 4.69) is 10.0 Å². The normalized spacial score (nSPS) is 10.9. The number of anilines is 1. The van der Waals surface area contributed by atoms with Crippen molar-refractivity contribution in [2.24, 2.45) is 0 Å². The molecule has 0 radical (unpaired) electrons. The molecule has 0 saturated carbocycles. The van der Waals surface area contributed by atoms with Gasteiger partial charge >= 0.3 is 5.97 Å². The van der Waals surface area contributed by atoms with Gasteiger partial charge in [-0.15, -0.1) is 0 Å². The van der Waals surface area contributed by atoms with Crippen LogP contribution in [-0.4, -0.2) is 33.9 Å². The van der Waals surface area contributed by atoms with Gasteiger partial charge in [0.15, 0.2) is 6.61 Å². The van der Waals surface area contributed by atoms with Crippen LogP contribution in [0, 0.1) is 13.8 Å². The Morgan fingerprint density at radius 1 is 1.08 bits per heavy atom. The number of benzene rings is 2. The molecule has 0 aliphatic carbocycles. The molecule has 0 aromatic heterocycles. The first-order valence-electron chi connectivity index (χ1n) is 7.81. The highest BCUT2D eigenvalue weighted by Crippen LogP contribution is 2.21. The second-order valence-corrected chi connectivity index (χ2v) is 7.36.